The fourth-order valence-corrected chi connectivity index (χ4v) is 1.08. The summed E-state index contributed by atoms with van der Waals surface area (Å²) < 4.78 is 24.5. The number of hydrogen-bond acceptors (Lipinski definition) is 2. The van der Waals surface area contributed by atoms with Gasteiger partial charge in [-0.25, -0.2) is 13.6 Å². The Kier molecular flexibility index (Phi) is 2.77. The molecule has 0 aliphatic heterocycles. The molecule has 0 atom stereocenters. The first kappa shape index (κ1) is 9.85. The van der Waals surface area contributed by atoms with Gasteiger partial charge >= 0.3 is 5.97 Å². The summed E-state index contributed by atoms with van der Waals surface area (Å²) in [5.74, 6) is -1.47. The maximum Gasteiger partial charge on any atom is 0.337 e. The van der Waals surface area contributed by atoms with Crippen LogP contribution in [0.5, 0.6) is 0 Å². The van der Waals surface area contributed by atoms with E-state index in [0.29, 0.717) is 0 Å². The molecule has 3 nitrogen and oxygen atoms in total. The highest BCUT2D eigenvalue weighted by Gasteiger charge is 2.21. The molecule has 0 unspecified atom stereocenters. The number of rotatable bonds is 2. The first-order valence-corrected chi connectivity index (χ1v) is 3.56. The van der Waals surface area contributed by atoms with E-state index in [-0.39, 0.29) is 5.02 Å². The molecule has 70 valence electrons. The first-order valence-electron chi connectivity index (χ1n) is 3.19. The van der Waals surface area contributed by atoms with Crippen molar-refractivity contribution in [2.45, 2.75) is 6.43 Å². The number of aromatic nitrogens is 1. The Hall–Kier alpha value is -1.23. The van der Waals surface area contributed by atoms with E-state index in [4.69, 9.17) is 16.7 Å². The first-order chi connectivity index (χ1) is 6.04. The van der Waals surface area contributed by atoms with E-state index in [1.807, 2.05) is 0 Å². The van der Waals surface area contributed by atoms with Crippen molar-refractivity contribution < 1.29 is 18.7 Å². The van der Waals surface area contributed by atoms with Crippen molar-refractivity contribution in [3.8, 4) is 0 Å². The molecule has 0 aliphatic rings. The predicted octanol–water partition coefficient (Wildman–Crippen LogP) is 2.37. The van der Waals surface area contributed by atoms with Crippen LogP contribution in [0.15, 0.2) is 12.4 Å². The Bertz CT molecular complexity index is 343. The van der Waals surface area contributed by atoms with Gasteiger partial charge in [-0.05, 0) is 0 Å². The van der Waals surface area contributed by atoms with Gasteiger partial charge in [-0.15, -0.1) is 0 Å². The lowest BCUT2D eigenvalue weighted by Gasteiger charge is -2.05. The summed E-state index contributed by atoms with van der Waals surface area (Å²) in [6.45, 7) is 0. The Morgan fingerprint density at radius 3 is 2.54 bits per heavy atom. The highest BCUT2D eigenvalue weighted by atomic mass is 35.5. The van der Waals surface area contributed by atoms with Crippen molar-refractivity contribution in [1.82, 2.24) is 4.98 Å². The van der Waals surface area contributed by atoms with Gasteiger partial charge in [0.25, 0.3) is 6.43 Å². The smallest absolute Gasteiger partial charge is 0.337 e. The average Bonchev–Trinajstić information content (AvgIpc) is 2.02. The van der Waals surface area contributed by atoms with Gasteiger partial charge in [-0.3, -0.25) is 4.98 Å². The van der Waals surface area contributed by atoms with Crippen LogP contribution in [0.2, 0.25) is 5.02 Å². The number of nitrogens with zero attached hydrogens (tertiary/aromatic N) is 1. The second-order valence-corrected chi connectivity index (χ2v) is 2.60. The summed E-state index contributed by atoms with van der Waals surface area (Å²) in [4.78, 5) is 13.8. The third-order valence-electron chi connectivity index (χ3n) is 1.39. The zero-order valence-corrected chi connectivity index (χ0v) is 6.92. The van der Waals surface area contributed by atoms with Gasteiger partial charge in [0, 0.05) is 12.4 Å². The maximum absolute atomic E-state index is 12.3. The van der Waals surface area contributed by atoms with Crippen LogP contribution in [0.3, 0.4) is 0 Å². The summed E-state index contributed by atoms with van der Waals surface area (Å²) >= 11 is 5.36. The van der Waals surface area contributed by atoms with E-state index in [0.717, 1.165) is 12.4 Å². The molecule has 0 bridgehead atoms. The number of carboxylic acids is 1. The summed E-state index contributed by atoms with van der Waals surface area (Å²) in [6.07, 6.45) is -1.09. The second-order valence-electron chi connectivity index (χ2n) is 2.19. The van der Waals surface area contributed by atoms with Crippen molar-refractivity contribution in [3.63, 3.8) is 0 Å². The number of pyridine rings is 1. The molecule has 13 heavy (non-hydrogen) atoms. The molecule has 0 amide bonds. The molecule has 6 heteroatoms. The van der Waals surface area contributed by atoms with E-state index < -0.39 is 23.5 Å². The monoisotopic (exact) mass is 207 g/mol. The zero-order valence-electron chi connectivity index (χ0n) is 6.17. The van der Waals surface area contributed by atoms with Gasteiger partial charge in [0.1, 0.15) is 0 Å². The van der Waals surface area contributed by atoms with E-state index >= 15 is 0 Å². The van der Waals surface area contributed by atoms with Crippen LogP contribution in [-0.4, -0.2) is 16.1 Å². The predicted molar refractivity (Wildman–Crippen MR) is 41.2 cm³/mol. The minimum Gasteiger partial charge on any atom is -0.478 e. The molecule has 0 saturated heterocycles. The lowest BCUT2D eigenvalue weighted by atomic mass is 10.1. The van der Waals surface area contributed by atoms with E-state index in [1.54, 1.807) is 0 Å². The van der Waals surface area contributed by atoms with Gasteiger partial charge in [0.2, 0.25) is 0 Å². The summed E-state index contributed by atoms with van der Waals surface area (Å²) in [6, 6.07) is 0. The largest absolute Gasteiger partial charge is 0.478 e. The number of alkyl halides is 2. The maximum atomic E-state index is 12.3. The topological polar surface area (TPSA) is 50.2 Å². The van der Waals surface area contributed by atoms with Crippen LogP contribution in [0.1, 0.15) is 22.3 Å². The number of hydrogen-bond donors (Lipinski definition) is 1. The van der Waals surface area contributed by atoms with Crippen LogP contribution in [0.4, 0.5) is 8.78 Å². The molecule has 0 aromatic carbocycles. The van der Waals surface area contributed by atoms with Crippen molar-refractivity contribution in [2.75, 3.05) is 0 Å². The minimum absolute atomic E-state index is 0.338. The SMILES string of the molecule is O=C(O)c1cncc(Cl)c1C(F)F. The standard InChI is InChI=1S/C7H4ClF2NO2/c8-4-2-11-1-3(7(12)13)5(4)6(9)10/h1-2,6H,(H,12,13). The second kappa shape index (κ2) is 3.66. The van der Waals surface area contributed by atoms with Gasteiger partial charge < -0.3 is 5.11 Å². The summed E-state index contributed by atoms with van der Waals surface area (Å²) in [7, 11) is 0. The fourth-order valence-electron chi connectivity index (χ4n) is 0.837. The molecule has 0 fully saturated rings. The Balaban J connectivity index is 3.34. The van der Waals surface area contributed by atoms with Crippen LogP contribution >= 0.6 is 11.6 Å². The summed E-state index contributed by atoms with van der Waals surface area (Å²) in [5.41, 5.74) is -1.26. The number of halogens is 3. The number of carboxylic acid groups (broad SMARTS) is 1. The molecule has 0 saturated carbocycles. The van der Waals surface area contributed by atoms with E-state index in [1.165, 1.54) is 0 Å². The number of aromatic carboxylic acids is 1. The Labute approximate surface area is 77.0 Å². The molecule has 1 heterocycles. The highest BCUT2D eigenvalue weighted by molar-refractivity contribution is 6.31. The molecule has 0 radical (unpaired) electrons. The van der Waals surface area contributed by atoms with Crippen molar-refractivity contribution in [2.24, 2.45) is 0 Å². The molecule has 1 aromatic rings. The van der Waals surface area contributed by atoms with Crippen LogP contribution in [0, 0.1) is 0 Å². The summed E-state index contributed by atoms with van der Waals surface area (Å²) in [5, 5.41) is 8.17. The quantitative estimate of drug-likeness (QED) is 0.810. The van der Waals surface area contributed by atoms with E-state index in [9.17, 15) is 13.6 Å². The third-order valence-corrected chi connectivity index (χ3v) is 1.69. The minimum atomic E-state index is -2.92. The highest BCUT2D eigenvalue weighted by Crippen LogP contribution is 2.29. The van der Waals surface area contributed by atoms with Gasteiger partial charge in [-0.1, -0.05) is 11.6 Å². The normalized spacial score (nSPS) is 10.5. The molecule has 1 N–H and O–H groups in total. The van der Waals surface area contributed by atoms with Crippen LogP contribution in [-0.2, 0) is 0 Å². The molecular formula is C7H4ClF2NO2. The zero-order chi connectivity index (χ0) is 10.0. The van der Waals surface area contributed by atoms with E-state index in [2.05, 4.69) is 4.98 Å². The average molecular weight is 208 g/mol. The molecule has 1 rings (SSSR count). The van der Waals surface area contributed by atoms with Gasteiger partial charge in [0.15, 0.2) is 0 Å². The van der Waals surface area contributed by atoms with Crippen molar-refractivity contribution in [1.29, 1.82) is 0 Å². The third kappa shape index (κ3) is 1.92. The molecule has 0 aliphatic carbocycles. The van der Waals surface area contributed by atoms with Gasteiger partial charge in [0.05, 0.1) is 16.1 Å². The Morgan fingerprint density at radius 1 is 1.54 bits per heavy atom. The van der Waals surface area contributed by atoms with Gasteiger partial charge in [-0.2, -0.15) is 0 Å². The van der Waals surface area contributed by atoms with Crippen LogP contribution < -0.4 is 0 Å². The fraction of sp³-hybridized carbons (Fsp3) is 0.143. The van der Waals surface area contributed by atoms with Crippen molar-refractivity contribution in [3.05, 3.63) is 28.5 Å². The molecule has 0 spiro atoms. The molecule has 1 aromatic heterocycles. The molecular weight excluding hydrogens is 204 g/mol. The lowest BCUT2D eigenvalue weighted by molar-refractivity contribution is 0.0684. The lowest BCUT2D eigenvalue weighted by Crippen LogP contribution is -2.04. The number of carbonyl (C=O) groups is 1. The van der Waals surface area contributed by atoms with Crippen molar-refractivity contribution >= 4 is 17.6 Å². The van der Waals surface area contributed by atoms with Crippen LogP contribution in [0.25, 0.3) is 0 Å². The Morgan fingerprint density at radius 2 is 2.15 bits per heavy atom.